The number of alkyl halides is 3. The molecular weight excluding hydrogens is 357 g/mol. The van der Waals surface area contributed by atoms with Gasteiger partial charge in [-0.1, -0.05) is 17.7 Å². The molecule has 0 unspecified atom stereocenters. The molecule has 2 aromatic rings. The Morgan fingerprint density at radius 2 is 1.92 bits per heavy atom. The first kappa shape index (κ1) is 17.4. The topological polar surface area (TPSA) is 35.5 Å². The number of benzene rings is 2. The maximum Gasteiger partial charge on any atom is 0.416 e. The van der Waals surface area contributed by atoms with Gasteiger partial charge in [0.2, 0.25) is 0 Å². The summed E-state index contributed by atoms with van der Waals surface area (Å²) in [6.07, 6.45) is -2.76. The molecule has 2 aromatic carbocycles. The van der Waals surface area contributed by atoms with E-state index in [1.165, 1.54) is 13.2 Å². The molecule has 130 valence electrons. The maximum absolute atomic E-state index is 12.8. The molecule has 25 heavy (non-hydrogen) atoms. The zero-order valence-electron chi connectivity index (χ0n) is 13.0. The number of carbonyl (C=O) groups is 1. The number of esters is 1. The van der Waals surface area contributed by atoms with Crippen molar-refractivity contribution in [3.8, 4) is 5.75 Å². The predicted molar refractivity (Wildman–Crippen MR) is 86.8 cm³/mol. The summed E-state index contributed by atoms with van der Waals surface area (Å²) in [5.41, 5.74) is 1.08. The van der Waals surface area contributed by atoms with Gasteiger partial charge in [0, 0.05) is 16.1 Å². The summed E-state index contributed by atoms with van der Waals surface area (Å²) >= 11 is 6.09. The van der Waals surface area contributed by atoms with Crippen LogP contribution in [0.5, 0.6) is 5.75 Å². The highest BCUT2D eigenvalue weighted by molar-refractivity contribution is 6.32. The molecular formula is C18H12ClF3O3. The number of hydrogen-bond acceptors (Lipinski definition) is 3. The highest BCUT2D eigenvalue weighted by Gasteiger charge is 2.31. The number of ether oxygens (including phenoxy) is 2. The van der Waals surface area contributed by atoms with E-state index in [9.17, 15) is 18.0 Å². The van der Waals surface area contributed by atoms with Crippen LogP contribution in [0.1, 0.15) is 27.0 Å². The van der Waals surface area contributed by atoms with Gasteiger partial charge in [0.25, 0.3) is 0 Å². The molecule has 0 N–H and O–H groups in total. The second-order valence-corrected chi connectivity index (χ2v) is 5.73. The number of halogens is 4. The molecule has 0 spiro atoms. The first-order valence-corrected chi connectivity index (χ1v) is 7.62. The molecule has 0 amide bonds. The van der Waals surface area contributed by atoms with E-state index in [4.69, 9.17) is 21.1 Å². The van der Waals surface area contributed by atoms with Crippen LogP contribution in [0.15, 0.2) is 42.5 Å². The Hall–Kier alpha value is -2.47. The average molecular weight is 369 g/mol. The standard InChI is InChI=1S/C18H12ClF3O3/c1-24-17(23)10-2-5-16-14(8-10)12(6-7-25-16)13-4-3-11(9-15(13)19)18(20,21)22/h2-6,8-9H,7H2,1H3. The first-order valence-electron chi connectivity index (χ1n) is 7.24. The predicted octanol–water partition coefficient (Wildman–Crippen LogP) is 4.97. The van der Waals surface area contributed by atoms with Crippen molar-refractivity contribution in [3.05, 3.63) is 69.8 Å². The van der Waals surface area contributed by atoms with Crippen molar-refractivity contribution in [3.63, 3.8) is 0 Å². The van der Waals surface area contributed by atoms with Crippen molar-refractivity contribution < 1.29 is 27.4 Å². The Morgan fingerprint density at radius 1 is 1.16 bits per heavy atom. The Labute approximate surface area is 146 Å². The lowest BCUT2D eigenvalue weighted by Crippen LogP contribution is -2.09. The molecule has 3 rings (SSSR count). The van der Waals surface area contributed by atoms with Gasteiger partial charge in [-0.2, -0.15) is 13.2 Å². The number of carbonyl (C=O) groups excluding carboxylic acids is 1. The highest BCUT2D eigenvalue weighted by atomic mass is 35.5. The van der Waals surface area contributed by atoms with Gasteiger partial charge in [0.05, 0.1) is 18.2 Å². The van der Waals surface area contributed by atoms with E-state index in [0.717, 1.165) is 12.1 Å². The molecule has 0 bridgehead atoms. The number of rotatable bonds is 2. The number of methoxy groups -OCH3 is 1. The molecule has 1 heterocycles. The van der Waals surface area contributed by atoms with Crippen molar-refractivity contribution in [2.24, 2.45) is 0 Å². The monoisotopic (exact) mass is 368 g/mol. The lowest BCUT2D eigenvalue weighted by molar-refractivity contribution is -0.137. The average Bonchev–Trinajstić information content (AvgIpc) is 2.59. The molecule has 0 radical (unpaired) electrons. The second kappa shape index (κ2) is 6.44. The lowest BCUT2D eigenvalue weighted by atomic mass is 9.93. The third kappa shape index (κ3) is 3.35. The normalized spacial score (nSPS) is 13.6. The largest absolute Gasteiger partial charge is 0.489 e. The molecule has 1 aliphatic rings. The van der Waals surface area contributed by atoms with Crippen molar-refractivity contribution >= 4 is 23.1 Å². The van der Waals surface area contributed by atoms with Crippen LogP contribution in [-0.4, -0.2) is 19.7 Å². The van der Waals surface area contributed by atoms with Crippen LogP contribution in [-0.2, 0) is 10.9 Å². The van der Waals surface area contributed by atoms with Gasteiger partial charge in [0.15, 0.2) is 0 Å². The van der Waals surface area contributed by atoms with Crippen molar-refractivity contribution in [2.75, 3.05) is 13.7 Å². The van der Waals surface area contributed by atoms with Crippen molar-refractivity contribution in [1.82, 2.24) is 0 Å². The fourth-order valence-corrected chi connectivity index (χ4v) is 2.88. The van der Waals surface area contributed by atoms with E-state index in [1.807, 2.05) is 0 Å². The zero-order valence-corrected chi connectivity index (χ0v) is 13.7. The SMILES string of the molecule is COC(=O)c1ccc2c(c1)C(c1ccc(C(F)(F)F)cc1Cl)=CCO2. The van der Waals surface area contributed by atoms with E-state index in [1.54, 1.807) is 24.3 Å². The van der Waals surface area contributed by atoms with Gasteiger partial charge in [-0.3, -0.25) is 0 Å². The van der Waals surface area contributed by atoms with Crippen LogP contribution in [0.3, 0.4) is 0 Å². The van der Waals surface area contributed by atoms with E-state index in [2.05, 4.69) is 0 Å². The molecule has 0 aromatic heterocycles. The van der Waals surface area contributed by atoms with Gasteiger partial charge in [-0.25, -0.2) is 4.79 Å². The minimum atomic E-state index is -4.47. The first-order chi connectivity index (χ1) is 11.8. The summed E-state index contributed by atoms with van der Waals surface area (Å²) in [7, 11) is 1.27. The third-order valence-corrected chi connectivity index (χ3v) is 4.12. The van der Waals surface area contributed by atoms with E-state index in [0.29, 0.717) is 28.0 Å². The van der Waals surface area contributed by atoms with Crippen LogP contribution < -0.4 is 4.74 Å². The van der Waals surface area contributed by atoms with Gasteiger partial charge in [0.1, 0.15) is 12.4 Å². The van der Waals surface area contributed by atoms with Crippen LogP contribution >= 0.6 is 11.6 Å². The van der Waals surface area contributed by atoms with Crippen LogP contribution in [0.25, 0.3) is 5.57 Å². The fourth-order valence-electron chi connectivity index (χ4n) is 2.60. The molecule has 1 aliphatic heterocycles. The minimum absolute atomic E-state index is 0.0302. The fraction of sp³-hybridized carbons (Fsp3) is 0.167. The molecule has 0 fully saturated rings. The Kier molecular flexibility index (Phi) is 4.47. The van der Waals surface area contributed by atoms with Crippen molar-refractivity contribution in [1.29, 1.82) is 0 Å². The number of fused-ring (bicyclic) bond motifs is 1. The lowest BCUT2D eigenvalue weighted by Gasteiger charge is -2.21. The molecule has 7 heteroatoms. The third-order valence-electron chi connectivity index (χ3n) is 3.80. The Balaban J connectivity index is 2.08. The number of hydrogen-bond donors (Lipinski definition) is 0. The smallest absolute Gasteiger partial charge is 0.416 e. The van der Waals surface area contributed by atoms with Crippen molar-refractivity contribution in [2.45, 2.75) is 6.18 Å². The Bertz CT molecular complexity index is 872. The van der Waals surface area contributed by atoms with E-state index in [-0.39, 0.29) is 11.6 Å². The molecule has 0 atom stereocenters. The summed E-state index contributed by atoms with van der Waals surface area (Å²) in [5.74, 6) is -0.00708. The summed E-state index contributed by atoms with van der Waals surface area (Å²) in [4.78, 5) is 11.7. The maximum atomic E-state index is 12.8. The summed E-state index contributed by atoms with van der Waals surface area (Å²) in [6, 6.07) is 7.92. The minimum Gasteiger partial charge on any atom is -0.489 e. The summed E-state index contributed by atoms with van der Waals surface area (Å²) < 4.78 is 48.7. The summed E-state index contributed by atoms with van der Waals surface area (Å²) in [6.45, 7) is 0.247. The molecule has 0 aliphatic carbocycles. The van der Waals surface area contributed by atoms with Gasteiger partial charge >= 0.3 is 12.1 Å². The van der Waals surface area contributed by atoms with Crippen LogP contribution in [0, 0.1) is 0 Å². The Morgan fingerprint density at radius 3 is 2.56 bits per heavy atom. The quantitative estimate of drug-likeness (QED) is 0.702. The summed E-state index contributed by atoms with van der Waals surface area (Å²) in [5, 5.41) is -0.0302. The van der Waals surface area contributed by atoms with Crippen LogP contribution in [0.4, 0.5) is 13.2 Å². The molecule has 3 nitrogen and oxygen atoms in total. The van der Waals surface area contributed by atoms with Gasteiger partial charge in [-0.05, 0) is 42.0 Å². The second-order valence-electron chi connectivity index (χ2n) is 5.32. The van der Waals surface area contributed by atoms with Gasteiger partial charge in [-0.15, -0.1) is 0 Å². The molecule has 0 saturated carbocycles. The highest BCUT2D eigenvalue weighted by Crippen LogP contribution is 2.40. The van der Waals surface area contributed by atoms with Crippen LogP contribution in [0.2, 0.25) is 5.02 Å². The molecule has 0 saturated heterocycles. The van der Waals surface area contributed by atoms with Gasteiger partial charge < -0.3 is 9.47 Å². The van der Waals surface area contributed by atoms with E-state index < -0.39 is 17.7 Å². The zero-order chi connectivity index (χ0) is 18.2. The van der Waals surface area contributed by atoms with E-state index >= 15 is 0 Å².